The molecule has 0 N–H and O–H groups in total. The van der Waals surface area contributed by atoms with Gasteiger partial charge in [-0.15, -0.1) is 0 Å². The molecule has 0 bridgehead atoms. The zero-order valence-corrected chi connectivity index (χ0v) is 12.1. The molecule has 0 aliphatic carbocycles. The van der Waals surface area contributed by atoms with Crippen LogP contribution in [0.3, 0.4) is 0 Å². The first-order chi connectivity index (χ1) is 7.43. The second-order valence-electron chi connectivity index (χ2n) is 3.03. The number of aromatic nitrogens is 1. The Balaban J connectivity index is 3.31. The highest BCUT2D eigenvalue weighted by Gasteiger charge is 2.24. The standard InChI is InChI=1S/C9H12BrClN2O2S/c1-3-13(4-2)16(14,15)8-5-7(11)6-12-9(8)10/h5-6H,3-4H2,1-2H3. The average molecular weight is 328 g/mol. The fraction of sp³-hybridized carbons (Fsp3) is 0.444. The Bertz CT molecular complexity index is 474. The third-order valence-electron chi connectivity index (χ3n) is 2.10. The Hall–Kier alpha value is -0.170. The smallest absolute Gasteiger partial charge is 0.245 e. The normalized spacial score (nSPS) is 12.1. The highest BCUT2D eigenvalue weighted by Crippen LogP contribution is 2.25. The van der Waals surface area contributed by atoms with Crippen LogP contribution in [0, 0.1) is 0 Å². The maximum atomic E-state index is 12.2. The summed E-state index contributed by atoms with van der Waals surface area (Å²) in [7, 11) is -3.51. The summed E-state index contributed by atoms with van der Waals surface area (Å²) in [6, 6.07) is 1.40. The van der Waals surface area contributed by atoms with E-state index >= 15 is 0 Å². The van der Waals surface area contributed by atoms with Gasteiger partial charge in [0.2, 0.25) is 10.0 Å². The lowest BCUT2D eigenvalue weighted by Crippen LogP contribution is -2.31. The third-order valence-corrected chi connectivity index (χ3v) is 5.26. The molecule has 7 heteroatoms. The van der Waals surface area contributed by atoms with Gasteiger partial charge in [-0.25, -0.2) is 13.4 Å². The molecule has 0 spiro atoms. The van der Waals surface area contributed by atoms with E-state index in [-0.39, 0.29) is 9.50 Å². The van der Waals surface area contributed by atoms with Gasteiger partial charge >= 0.3 is 0 Å². The summed E-state index contributed by atoms with van der Waals surface area (Å²) in [5.74, 6) is 0. The minimum Gasteiger partial charge on any atom is -0.246 e. The van der Waals surface area contributed by atoms with Gasteiger partial charge in [0, 0.05) is 19.3 Å². The molecule has 1 rings (SSSR count). The fourth-order valence-electron chi connectivity index (χ4n) is 1.29. The molecule has 0 fully saturated rings. The lowest BCUT2D eigenvalue weighted by molar-refractivity contribution is 0.444. The Labute approximate surface area is 109 Å². The van der Waals surface area contributed by atoms with Crippen molar-refractivity contribution in [1.82, 2.24) is 9.29 Å². The van der Waals surface area contributed by atoms with Gasteiger partial charge in [-0.05, 0) is 22.0 Å². The van der Waals surface area contributed by atoms with Crippen LogP contribution in [0.25, 0.3) is 0 Å². The molecular weight excluding hydrogens is 316 g/mol. The number of hydrogen-bond acceptors (Lipinski definition) is 3. The van der Waals surface area contributed by atoms with Crippen molar-refractivity contribution in [3.05, 3.63) is 21.9 Å². The lowest BCUT2D eigenvalue weighted by atomic mass is 10.5. The van der Waals surface area contributed by atoms with Crippen molar-refractivity contribution in [1.29, 1.82) is 0 Å². The minimum atomic E-state index is -3.51. The zero-order valence-electron chi connectivity index (χ0n) is 8.94. The molecular formula is C9H12BrClN2O2S. The predicted octanol–water partition coefficient (Wildman–Crippen LogP) is 2.53. The molecule has 0 amide bonds. The van der Waals surface area contributed by atoms with E-state index in [0.717, 1.165) is 0 Å². The summed E-state index contributed by atoms with van der Waals surface area (Å²) < 4.78 is 26.0. The van der Waals surface area contributed by atoms with Crippen LogP contribution in [0.1, 0.15) is 13.8 Å². The molecule has 16 heavy (non-hydrogen) atoms. The number of hydrogen-bond donors (Lipinski definition) is 0. The van der Waals surface area contributed by atoms with Gasteiger partial charge in [0.15, 0.2) is 0 Å². The summed E-state index contributed by atoms with van der Waals surface area (Å²) in [5.41, 5.74) is 0. The number of nitrogens with zero attached hydrogens (tertiary/aromatic N) is 2. The van der Waals surface area contributed by atoms with Gasteiger partial charge in [0.25, 0.3) is 0 Å². The Morgan fingerprint density at radius 3 is 2.50 bits per heavy atom. The van der Waals surface area contributed by atoms with Crippen molar-refractivity contribution < 1.29 is 8.42 Å². The Morgan fingerprint density at radius 1 is 1.44 bits per heavy atom. The predicted molar refractivity (Wildman–Crippen MR) is 67.1 cm³/mol. The number of pyridine rings is 1. The van der Waals surface area contributed by atoms with E-state index < -0.39 is 10.0 Å². The van der Waals surface area contributed by atoms with Gasteiger partial charge in [-0.1, -0.05) is 25.4 Å². The van der Waals surface area contributed by atoms with Crippen LogP contribution in [0.15, 0.2) is 21.8 Å². The van der Waals surface area contributed by atoms with E-state index in [1.165, 1.54) is 16.6 Å². The summed E-state index contributed by atoms with van der Waals surface area (Å²) >= 11 is 8.86. The molecule has 0 aliphatic heterocycles. The molecule has 0 radical (unpaired) electrons. The molecule has 0 unspecified atom stereocenters. The monoisotopic (exact) mass is 326 g/mol. The highest BCUT2D eigenvalue weighted by molar-refractivity contribution is 9.10. The molecule has 0 aromatic carbocycles. The third kappa shape index (κ3) is 2.74. The van der Waals surface area contributed by atoms with E-state index in [9.17, 15) is 8.42 Å². The largest absolute Gasteiger partial charge is 0.246 e. The van der Waals surface area contributed by atoms with E-state index in [1.54, 1.807) is 13.8 Å². The van der Waals surface area contributed by atoms with Crippen LogP contribution in [0.5, 0.6) is 0 Å². The first-order valence-electron chi connectivity index (χ1n) is 4.74. The van der Waals surface area contributed by atoms with Crippen LogP contribution in [-0.2, 0) is 10.0 Å². The maximum absolute atomic E-state index is 12.2. The number of rotatable bonds is 4. The summed E-state index contributed by atoms with van der Waals surface area (Å²) in [6.07, 6.45) is 1.40. The second kappa shape index (κ2) is 5.44. The SMILES string of the molecule is CCN(CC)S(=O)(=O)c1cc(Cl)cnc1Br. The summed E-state index contributed by atoms with van der Waals surface area (Å²) in [5, 5.41) is 0.300. The highest BCUT2D eigenvalue weighted by atomic mass is 79.9. The van der Waals surface area contributed by atoms with Crippen LogP contribution in [0.2, 0.25) is 5.02 Å². The van der Waals surface area contributed by atoms with Crippen molar-refractivity contribution in [3.8, 4) is 0 Å². The van der Waals surface area contributed by atoms with E-state index in [1.807, 2.05) is 0 Å². The minimum absolute atomic E-state index is 0.101. The quantitative estimate of drug-likeness (QED) is 0.799. The first kappa shape index (κ1) is 13.9. The molecule has 4 nitrogen and oxygen atoms in total. The van der Waals surface area contributed by atoms with Crippen molar-refractivity contribution in [2.45, 2.75) is 18.7 Å². The van der Waals surface area contributed by atoms with Crippen molar-refractivity contribution in [3.63, 3.8) is 0 Å². The zero-order chi connectivity index (χ0) is 12.3. The molecule has 90 valence electrons. The average Bonchev–Trinajstić information content (AvgIpc) is 2.23. The molecule has 1 heterocycles. The lowest BCUT2D eigenvalue weighted by Gasteiger charge is -2.18. The molecule has 0 saturated carbocycles. The molecule has 0 saturated heterocycles. The number of halogens is 2. The van der Waals surface area contributed by atoms with E-state index in [4.69, 9.17) is 11.6 Å². The molecule has 0 aliphatic rings. The Kier molecular flexibility index (Phi) is 4.73. The van der Waals surface area contributed by atoms with Crippen molar-refractivity contribution in [2.75, 3.05) is 13.1 Å². The topological polar surface area (TPSA) is 50.3 Å². The molecule has 1 aromatic heterocycles. The molecule has 1 aromatic rings. The second-order valence-corrected chi connectivity index (χ2v) is 6.13. The van der Waals surface area contributed by atoms with Crippen LogP contribution in [-0.4, -0.2) is 30.8 Å². The summed E-state index contributed by atoms with van der Waals surface area (Å²) in [4.78, 5) is 3.98. The van der Waals surface area contributed by atoms with Gasteiger partial charge < -0.3 is 0 Å². The number of sulfonamides is 1. The van der Waals surface area contributed by atoms with Gasteiger partial charge in [0.1, 0.15) is 9.50 Å². The van der Waals surface area contributed by atoms with Gasteiger partial charge in [0.05, 0.1) is 5.02 Å². The summed E-state index contributed by atoms with van der Waals surface area (Å²) in [6.45, 7) is 4.40. The van der Waals surface area contributed by atoms with Crippen LogP contribution < -0.4 is 0 Å². The van der Waals surface area contributed by atoms with E-state index in [0.29, 0.717) is 18.1 Å². The fourth-order valence-corrected chi connectivity index (χ4v) is 3.84. The van der Waals surface area contributed by atoms with E-state index in [2.05, 4.69) is 20.9 Å². The van der Waals surface area contributed by atoms with Gasteiger partial charge in [-0.2, -0.15) is 4.31 Å². The first-order valence-corrected chi connectivity index (χ1v) is 7.35. The van der Waals surface area contributed by atoms with Crippen molar-refractivity contribution in [2.24, 2.45) is 0 Å². The van der Waals surface area contributed by atoms with Gasteiger partial charge in [-0.3, -0.25) is 0 Å². The molecule has 0 atom stereocenters. The van der Waals surface area contributed by atoms with Crippen LogP contribution >= 0.6 is 27.5 Å². The Morgan fingerprint density at radius 2 is 2.00 bits per heavy atom. The van der Waals surface area contributed by atoms with Crippen LogP contribution in [0.4, 0.5) is 0 Å². The maximum Gasteiger partial charge on any atom is 0.245 e. The van der Waals surface area contributed by atoms with Crippen molar-refractivity contribution >= 4 is 37.6 Å².